The highest BCUT2D eigenvalue weighted by atomic mass is 16.5. The maximum Gasteiger partial charge on any atom is 0.313 e. The summed E-state index contributed by atoms with van der Waals surface area (Å²) in [6.45, 7) is 13.6. The first-order valence-corrected chi connectivity index (χ1v) is 14.9. The summed E-state index contributed by atoms with van der Waals surface area (Å²) in [6.07, 6.45) is 4.37. The van der Waals surface area contributed by atoms with Gasteiger partial charge in [-0.05, 0) is 74.0 Å². The summed E-state index contributed by atoms with van der Waals surface area (Å²) in [7, 11) is 1.35. The number of primary amides is 1. The molecular formula is C34H45NO5. The van der Waals surface area contributed by atoms with Crippen molar-refractivity contribution in [2.24, 2.45) is 58.5 Å². The highest BCUT2D eigenvalue weighted by Crippen LogP contribution is 2.67. The van der Waals surface area contributed by atoms with Crippen LogP contribution in [0.15, 0.2) is 47.1 Å². The third-order valence-corrected chi connectivity index (χ3v) is 10.9. The summed E-state index contributed by atoms with van der Waals surface area (Å²) in [6, 6.07) is 7.63. The van der Waals surface area contributed by atoms with Gasteiger partial charge in [-0.25, -0.2) is 0 Å². The van der Waals surface area contributed by atoms with Crippen molar-refractivity contribution < 1.29 is 23.9 Å². The van der Waals surface area contributed by atoms with Crippen molar-refractivity contribution in [3.05, 3.63) is 52.6 Å². The lowest BCUT2D eigenvalue weighted by atomic mass is 9.54. The molecule has 1 aromatic rings. The van der Waals surface area contributed by atoms with Crippen LogP contribution in [0, 0.1) is 52.8 Å². The van der Waals surface area contributed by atoms with Crippen LogP contribution in [-0.2, 0) is 25.5 Å². The van der Waals surface area contributed by atoms with Gasteiger partial charge < -0.3 is 15.2 Å². The molecule has 2 fully saturated rings. The van der Waals surface area contributed by atoms with Crippen molar-refractivity contribution in [2.45, 2.75) is 73.3 Å². The zero-order chi connectivity index (χ0) is 29.1. The predicted octanol–water partition coefficient (Wildman–Crippen LogP) is 5.69. The normalized spacial score (nSPS) is 38.2. The molecule has 0 aromatic heterocycles. The number of ketones is 1. The highest BCUT2D eigenvalue weighted by molar-refractivity contribution is 5.98. The lowest BCUT2D eigenvalue weighted by molar-refractivity contribution is -0.146. The van der Waals surface area contributed by atoms with Crippen LogP contribution in [0.25, 0.3) is 0 Å². The second-order valence-electron chi connectivity index (χ2n) is 13.5. The van der Waals surface area contributed by atoms with Crippen molar-refractivity contribution >= 4 is 17.7 Å². The number of benzene rings is 1. The summed E-state index contributed by atoms with van der Waals surface area (Å²) >= 11 is 0. The minimum atomic E-state index is -0.482. The van der Waals surface area contributed by atoms with Crippen LogP contribution >= 0.6 is 0 Å². The molecule has 0 spiro atoms. The van der Waals surface area contributed by atoms with Crippen molar-refractivity contribution in [2.75, 3.05) is 7.11 Å². The molecule has 6 heteroatoms. The van der Waals surface area contributed by atoms with E-state index in [2.05, 4.69) is 47.6 Å². The Morgan fingerprint density at radius 3 is 2.33 bits per heavy atom. The zero-order valence-corrected chi connectivity index (χ0v) is 25.0. The highest BCUT2D eigenvalue weighted by Gasteiger charge is 2.65. The SMILES string of the molecule is COC(=O)CC(=O)[C@@H]1[C@H]2[C@H](Oc3ccc(CC(N)=O)cc3)[C@H]3[C@@H](C[C@H](C)C[C@@H]3C)[C@@H]2C(C)=C2[C@@H](C)C(C)=C[C@@]21C. The van der Waals surface area contributed by atoms with Gasteiger partial charge in [0.1, 0.15) is 24.1 Å². The number of methoxy groups -OCH3 is 1. The van der Waals surface area contributed by atoms with Gasteiger partial charge in [-0.1, -0.05) is 62.6 Å². The van der Waals surface area contributed by atoms with Crippen molar-refractivity contribution in [3.63, 3.8) is 0 Å². The largest absolute Gasteiger partial charge is 0.490 e. The molecule has 0 radical (unpaired) electrons. The molecule has 5 rings (SSSR count). The quantitative estimate of drug-likeness (QED) is 0.269. The van der Waals surface area contributed by atoms with E-state index >= 15 is 0 Å². The van der Waals surface area contributed by atoms with Gasteiger partial charge in [0.15, 0.2) is 0 Å². The van der Waals surface area contributed by atoms with Crippen LogP contribution in [0.1, 0.15) is 66.4 Å². The molecule has 4 aliphatic rings. The average molecular weight is 548 g/mol. The number of carbonyl (C=O) groups excluding carboxylic acids is 3. The number of esters is 1. The number of Topliss-reactive ketones (excluding diaryl/α,β-unsaturated/α-hetero) is 1. The van der Waals surface area contributed by atoms with Gasteiger partial charge in [0.25, 0.3) is 0 Å². The fraction of sp³-hybridized carbons (Fsp3) is 0.618. The topological polar surface area (TPSA) is 95.7 Å². The Balaban J connectivity index is 1.64. The molecule has 40 heavy (non-hydrogen) atoms. The van der Waals surface area contributed by atoms with Gasteiger partial charge in [-0.15, -0.1) is 0 Å². The van der Waals surface area contributed by atoms with E-state index in [0.29, 0.717) is 23.7 Å². The molecule has 0 saturated heterocycles. The van der Waals surface area contributed by atoms with E-state index in [1.165, 1.54) is 23.8 Å². The molecule has 6 nitrogen and oxygen atoms in total. The maximum absolute atomic E-state index is 14.2. The number of carbonyl (C=O) groups is 3. The van der Waals surface area contributed by atoms with Gasteiger partial charge in [0.05, 0.1) is 13.5 Å². The van der Waals surface area contributed by atoms with E-state index in [4.69, 9.17) is 15.2 Å². The van der Waals surface area contributed by atoms with E-state index < -0.39 is 11.4 Å². The molecule has 216 valence electrons. The van der Waals surface area contributed by atoms with Crippen LogP contribution < -0.4 is 10.5 Å². The monoisotopic (exact) mass is 547 g/mol. The van der Waals surface area contributed by atoms with Gasteiger partial charge in [0.2, 0.25) is 5.91 Å². The van der Waals surface area contributed by atoms with Crippen LogP contribution in [0.2, 0.25) is 0 Å². The van der Waals surface area contributed by atoms with Crippen LogP contribution in [-0.4, -0.2) is 30.9 Å². The smallest absolute Gasteiger partial charge is 0.313 e. The van der Waals surface area contributed by atoms with Crippen molar-refractivity contribution in [1.82, 2.24) is 0 Å². The first kappa shape index (κ1) is 28.6. The molecule has 0 bridgehead atoms. The standard InChI is InChI=1S/C34H45NO5/c1-17-12-18(2)28-24(13-17)29-21(5)31-20(4)19(3)16-34(31,6)32(25(36)15-27(38)39-7)30(29)33(28)40-23-10-8-22(9-11-23)14-26(35)37/h8-11,16-18,20,24,28-30,32-33H,12-15H2,1-7H3,(H2,35,37)/t17-,18+,20+,24-,28-,29+,30+,32-,33-,34+/m1/s1. The number of allylic oxidation sites excluding steroid dienone is 4. The fourth-order valence-corrected chi connectivity index (χ4v) is 9.69. The summed E-state index contributed by atoms with van der Waals surface area (Å²) < 4.78 is 11.9. The molecule has 1 amide bonds. The van der Waals surface area contributed by atoms with E-state index in [1.807, 2.05) is 24.3 Å². The fourth-order valence-electron chi connectivity index (χ4n) is 9.69. The lowest BCUT2D eigenvalue weighted by Crippen LogP contribution is -2.50. The molecule has 1 aromatic carbocycles. The summed E-state index contributed by atoms with van der Waals surface area (Å²) in [5.41, 5.74) is 9.87. The number of ether oxygens (including phenoxy) is 2. The van der Waals surface area contributed by atoms with E-state index in [0.717, 1.165) is 24.2 Å². The van der Waals surface area contributed by atoms with Crippen LogP contribution in [0.3, 0.4) is 0 Å². The Bertz CT molecular complexity index is 1260. The minimum absolute atomic E-state index is 0.0442. The molecule has 0 unspecified atom stereocenters. The molecular weight excluding hydrogens is 502 g/mol. The second kappa shape index (κ2) is 10.5. The Hall–Kier alpha value is -2.89. The number of hydrogen-bond donors (Lipinski definition) is 1. The summed E-state index contributed by atoms with van der Waals surface area (Å²) in [5, 5.41) is 0. The average Bonchev–Trinajstić information content (AvgIpc) is 3.30. The van der Waals surface area contributed by atoms with Gasteiger partial charge in [-0.3, -0.25) is 14.4 Å². The van der Waals surface area contributed by atoms with Crippen molar-refractivity contribution in [1.29, 1.82) is 0 Å². The Kier molecular flexibility index (Phi) is 7.52. The van der Waals surface area contributed by atoms with Crippen LogP contribution in [0.4, 0.5) is 0 Å². The van der Waals surface area contributed by atoms with Crippen LogP contribution in [0.5, 0.6) is 5.75 Å². The third-order valence-electron chi connectivity index (χ3n) is 10.9. The first-order valence-electron chi connectivity index (χ1n) is 14.9. The van der Waals surface area contributed by atoms with Gasteiger partial charge in [-0.2, -0.15) is 0 Å². The van der Waals surface area contributed by atoms with Crippen molar-refractivity contribution in [3.8, 4) is 5.75 Å². The Labute approximate surface area is 238 Å². The number of amides is 1. The Morgan fingerprint density at radius 1 is 1.02 bits per heavy atom. The molecule has 0 aliphatic heterocycles. The molecule has 10 atom stereocenters. The molecule has 2 N–H and O–H groups in total. The zero-order valence-electron chi connectivity index (χ0n) is 25.0. The first-order chi connectivity index (χ1) is 18.9. The van der Waals surface area contributed by atoms with E-state index in [9.17, 15) is 14.4 Å². The summed E-state index contributed by atoms with van der Waals surface area (Å²) in [5.74, 6) is 1.72. The van der Waals surface area contributed by atoms with E-state index in [-0.39, 0.29) is 54.3 Å². The van der Waals surface area contributed by atoms with Gasteiger partial charge in [0, 0.05) is 23.2 Å². The second-order valence-corrected chi connectivity index (χ2v) is 13.5. The number of fused-ring (bicyclic) bond motifs is 4. The predicted molar refractivity (Wildman–Crippen MR) is 154 cm³/mol. The number of hydrogen-bond acceptors (Lipinski definition) is 5. The number of rotatable bonds is 7. The Morgan fingerprint density at radius 2 is 1.70 bits per heavy atom. The summed E-state index contributed by atoms with van der Waals surface area (Å²) in [4.78, 5) is 38.1. The molecule has 4 aliphatic carbocycles. The molecule has 0 heterocycles. The maximum atomic E-state index is 14.2. The third kappa shape index (κ3) is 4.61. The number of nitrogens with two attached hydrogens (primary N) is 1. The minimum Gasteiger partial charge on any atom is -0.490 e. The van der Waals surface area contributed by atoms with E-state index in [1.54, 1.807) is 0 Å². The lowest BCUT2D eigenvalue weighted by Gasteiger charge is -2.48. The van der Waals surface area contributed by atoms with Gasteiger partial charge >= 0.3 is 5.97 Å². The molecule has 2 saturated carbocycles.